The quantitative estimate of drug-likeness (QED) is 0.660. The lowest BCUT2D eigenvalue weighted by atomic mass is 10.00. The van der Waals surface area contributed by atoms with E-state index in [9.17, 15) is 0 Å². The van der Waals surface area contributed by atoms with Crippen LogP contribution < -0.4 is 0 Å². The van der Waals surface area contributed by atoms with E-state index in [4.69, 9.17) is 4.74 Å². The normalized spacial score (nSPS) is 19.6. The van der Waals surface area contributed by atoms with Gasteiger partial charge in [0.2, 0.25) is 5.90 Å². The number of rotatable bonds is 1. The van der Waals surface area contributed by atoms with Crippen molar-refractivity contribution >= 4 is 5.90 Å². The van der Waals surface area contributed by atoms with Crippen molar-refractivity contribution in [2.24, 2.45) is 4.99 Å². The first kappa shape index (κ1) is 9.88. The van der Waals surface area contributed by atoms with Gasteiger partial charge in [-0.1, -0.05) is 12.5 Å². The summed E-state index contributed by atoms with van der Waals surface area (Å²) in [5.41, 5.74) is 4.20. The van der Waals surface area contributed by atoms with Gasteiger partial charge in [0.15, 0.2) is 0 Å². The molecule has 1 heterocycles. The Morgan fingerprint density at radius 3 is 2.69 bits per heavy atom. The van der Waals surface area contributed by atoms with Crippen molar-refractivity contribution in [3.05, 3.63) is 34.9 Å². The predicted molar refractivity (Wildman–Crippen MR) is 65.1 cm³/mol. The minimum Gasteiger partial charge on any atom is -0.476 e. The molecule has 2 aliphatic rings. The summed E-state index contributed by atoms with van der Waals surface area (Å²) in [6, 6.07) is 6.71. The standard InChI is InChI=1S/C14H17NO/c1-2-4-11-6-7-13(10-12(11)5-3-1)14-15-8-9-16-14/h6-7,10H,1-5,8-9H2. The van der Waals surface area contributed by atoms with Crippen LogP contribution in [0.15, 0.2) is 23.2 Å². The van der Waals surface area contributed by atoms with Gasteiger partial charge in [-0.3, -0.25) is 0 Å². The highest BCUT2D eigenvalue weighted by atomic mass is 16.5. The Balaban J connectivity index is 1.94. The number of hydrogen-bond donors (Lipinski definition) is 0. The van der Waals surface area contributed by atoms with Crippen molar-refractivity contribution < 1.29 is 4.74 Å². The molecule has 0 atom stereocenters. The molecule has 0 saturated carbocycles. The van der Waals surface area contributed by atoms with E-state index in [-0.39, 0.29) is 0 Å². The molecule has 0 amide bonds. The molecule has 0 radical (unpaired) electrons. The fourth-order valence-electron chi connectivity index (χ4n) is 2.55. The Labute approximate surface area is 96.3 Å². The van der Waals surface area contributed by atoms with Crippen molar-refractivity contribution in [3.8, 4) is 0 Å². The Kier molecular flexibility index (Phi) is 2.65. The SMILES string of the molecule is c1cc2c(cc1C1=NCCO1)CCCCC2. The van der Waals surface area contributed by atoms with E-state index >= 15 is 0 Å². The molecule has 0 bridgehead atoms. The number of nitrogens with zero attached hydrogens (tertiary/aromatic N) is 1. The molecule has 84 valence electrons. The third-order valence-corrected chi connectivity index (χ3v) is 3.43. The van der Waals surface area contributed by atoms with Crippen LogP contribution >= 0.6 is 0 Å². The van der Waals surface area contributed by atoms with Crippen LogP contribution in [0.2, 0.25) is 0 Å². The maximum atomic E-state index is 5.51. The van der Waals surface area contributed by atoms with Gasteiger partial charge in [-0.05, 0) is 48.9 Å². The van der Waals surface area contributed by atoms with E-state index in [0.29, 0.717) is 0 Å². The molecule has 2 heteroatoms. The molecule has 0 unspecified atom stereocenters. The molecule has 1 aromatic carbocycles. The highest BCUT2D eigenvalue weighted by Gasteiger charge is 2.13. The third kappa shape index (κ3) is 1.84. The molecular weight excluding hydrogens is 198 g/mol. The fraction of sp³-hybridized carbons (Fsp3) is 0.500. The van der Waals surface area contributed by atoms with Crippen LogP contribution in [0.1, 0.15) is 36.0 Å². The molecule has 0 N–H and O–H groups in total. The van der Waals surface area contributed by atoms with Gasteiger partial charge >= 0.3 is 0 Å². The lowest BCUT2D eigenvalue weighted by Gasteiger charge is -2.08. The van der Waals surface area contributed by atoms with Crippen LogP contribution in [0.3, 0.4) is 0 Å². The number of aliphatic imine (C=N–C) groups is 1. The highest BCUT2D eigenvalue weighted by Crippen LogP contribution is 2.22. The second-order valence-corrected chi connectivity index (χ2v) is 4.58. The van der Waals surface area contributed by atoms with Gasteiger partial charge < -0.3 is 4.74 Å². The van der Waals surface area contributed by atoms with Gasteiger partial charge in [-0.2, -0.15) is 0 Å². The number of fused-ring (bicyclic) bond motifs is 1. The predicted octanol–water partition coefficient (Wildman–Crippen LogP) is 2.73. The molecule has 1 aromatic rings. The topological polar surface area (TPSA) is 21.6 Å². The summed E-state index contributed by atoms with van der Waals surface area (Å²) in [4.78, 5) is 4.37. The largest absolute Gasteiger partial charge is 0.476 e. The zero-order chi connectivity index (χ0) is 10.8. The number of benzene rings is 1. The first-order valence-corrected chi connectivity index (χ1v) is 6.23. The molecule has 16 heavy (non-hydrogen) atoms. The maximum absolute atomic E-state index is 5.51. The Morgan fingerprint density at radius 1 is 1.00 bits per heavy atom. The maximum Gasteiger partial charge on any atom is 0.216 e. The number of hydrogen-bond acceptors (Lipinski definition) is 2. The Hall–Kier alpha value is -1.31. The minimum atomic E-state index is 0.742. The summed E-state index contributed by atoms with van der Waals surface area (Å²) >= 11 is 0. The lowest BCUT2D eigenvalue weighted by Crippen LogP contribution is -2.03. The first-order chi connectivity index (χ1) is 7.93. The van der Waals surface area contributed by atoms with Gasteiger partial charge in [0.1, 0.15) is 6.61 Å². The summed E-state index contributed by atoms with van der Waals surface area (Å²) in [5, 5.41) is 0. The molecule has 0 spiro atoms. The van der Waals surface area contributed by atoms with Crippen LogP contribution in [0.25, 0.3) is 0 Å². The van der Waals surface area contributed by atoms with E-state index in [2.05, 4.69) is 23.2 Å². The number of ether oxygens (including phenoxy) is 1. The molecule has 3 rings (SSSR count). The smallest absolute Gasteiger partial charge is 0.216 e. The van der Waals surface area contributed by atoms with E-state index in [1.165, 1.54) is 43.2 Å². The molecular formula is C14H17NO. The van der Waals surface area contributed by atoms with Crippen LogP contribution in [-0.2, 0) is 17.6 Å². The molecule has 0 aromatic heterocycles. The van der Waals surface area contributed by atoms with E-state index < -0.39 is 0 Å². The van der Waals surface area contributed by atoms with Crippen molar-refractivity contribution in [3.63, 3.8) is 0 Å². The lowest BCUT2D eigenvalue weighted by molar-refractivity contribution is 0.348. The minimum absolute atomic E-state index is 0.742. The van der Waals surface area contributed by atoms with Crippen molar-refractivity contribution in [1.82, 2.24) is 0 Å². The van der Waals surface area contributed by atoms with Crippen LogP contribution in [-0.4, -0.2) is 19.0 Å². The summed E-state index contributed by atoms with van der Waals surface area (Å²) in [6.45, 7) is 1.55. The number of aryl methyl sites for hydroxylation is 2. The van der Waals surface area contributed by atoms with Gasteiger partial charge in [-0.25, -0.2) is 4.99 Å². The van der Waals surface area contributed by atoms with E-state index in [1.807, 2.05) is 0 Å². The summed E-state index contributed by atoms with van der Waals surface area (Å²) in [5.74, 6) is 0.840. The summed E-state index contributed by atoms with van der Waals surface area (Å²) in [7, 11) is 0. The van der Waals surface area contributed by atoms with E-state index in [1.54, 1.807) is 0 Å². The average molecular weight is 215 g/mol. The zero-order valence-corrected chi connectivity index (χ0v) is 9.54. The first-order valence-electron chi connectivity index (χ1n) is 6.23. The van der Waals surface area contributed by atoms with Crippen LogP contribution in [0, 0.1) is 0 Å². The average Bonchev–Trinajstić information content (AvgIpc) is 2.74. The van der Waals surface area contributed by atoms with Gasteiger partial charge in [0.25, 0.3) is 0 Å². The Bertz CT molecular complexity index is 423. The van der Waals surface area contributed by atoms with Crippen molar-refractivity contribution in [2.75, 3.05) is 13.2 Å². The molecule has 0 fully saturated rings. The Morgan fingerprint density at radius 2 is 1.88 bits per heavy atom. The van der Waals surface area contributed by atoms with Gasteiger partial charge in [0.05, 0.1) is 6.54 Å². The molecule has 2 nitrogen and oxygen atoms in total. The van der Waals surface area contributed by atoms with Gasteiger partial charge in [0, 0.05) is 5.56 Å². The van der Waals surface area contributed by atoms with Crippen LogP contribution in [0.4, 0.5) is 0 Å². The molecule has 1 aliphatic heterocycles. The fourth-order valence-corrected chi connectivity index (χ4v) is 2.55. The second kappa shape index (κ2) is 4.28. The van der Waals surface area contributed by atoms with Crippen molar-refractivity contribution in [2.45, 2.75) is 32.1 Å². The van der Waals surface area contributed by atoms with Crippen molar-refractivity contribution in [1.29, 1.82) is 0 Å². The van der Waals surface area contributed by atoms with Gasteiger partial charge in [-0.15, -0.1) is 0 Å². The third-order valence-electron chi connectivity index (χ3n) is 3.43. The molecule has 1 aliphatic carbocycles. The summed E-state index contributed by atoms with van der Waals surface area (Å²) in [6.07, 6.45) is 6.48. The zero-order valence-electron chi connectivity index (χ0n) is 9.54. The van der Waals surface area contributed by atoms with Crippen LogP contribution in [0.5, 0.6) is 0 Å². The summed E-state index contributed by atoms with van der Waals surface area (Å²) < 4.78 is 5.51. The monoisotopic (exact) mass is 215 g/mol. The molecule has 0 saturated heterocycles. The second-order valence-electron chi connectivity index (χ2n) is 4.58. The van der Waals surface area contributed by atoms with E-state index in [0.717, 1.165) is 24.6 Å². The highest BCUT2D eigenvalue weighted by molar-refractivity contribution is 5.95.